The molecule has 0 unspecified atom stereocenters. The normalized spacial score (nSPS) is 26.0. The highest BCUT2D eigenvalue weighted by molar-refractivity contribution is 5.85. The molecule has 2 atom stereocenters. The Labute approximate surface area is 119 Å². The van der Waals surface area contributed by atoms with E-state index in [2.05, 4.69) is 10.4 Å². The lowest BCUT2D eigenvalue weighted by Gasteiger charge is -2.23. The topological polar surface area (TPSA) is 50.2 Å². The highest BCUT2D eigenvalue weighted by atomic mass is 35.5. The summed E-state index contributed by atoms with van der Waals surface area (Å²) in [7, 11) is 3.86. The lowest BCUT2D eigenvalue weighted by molar-refractivity contribution is -0.134. The Balaban J connectivity index is 0.00000133. The zero-order valence-electron chi connectivity index (χ0n) is 11.4. The molecule has 1 aliphatic carbocycles. The van der Waals surface area contributed by atoms with Gasteiger partial charge in [0.1, 0.15) is 0 Å². The Hall–Kier alpha value is -1.07. The van der Waals surface area contributed by atoms with Crippen LogP contribution in [0.5, 0.6) is 0 Å². The Bertz CT molecular complexity index is 457. The first-order valence-corrected chi connectivity index (χ1v) is 6.62. The van der Waals surface area contributed by atoms with E-state index in [1.165, 1.54) is 18.4 Å². The number of amides is 1. The van der Waals surface area contributed by atoms with Gasteiger partial charge in [-0.15, -0.1) is 12.4 Å². The van der Waals surface area contributed by atoms with Crippen molar-refractivity contribution in [3.63, 3.8) is 0 Å². The SMILES string of the molecule is CN(C(=O)[C@H]1CNC[C@@H]1c1cnn(C)c1)C1CC1.Cl. The van der Waals surface area contributed by atoms with Crippen molar-refractivity contribution in [1.29, 1.82) is 0 Å². The van der Waals surface area contributed by atoms with E-state index in [1.807, 2.05) is 31.4 Å². The predicted molar refractivity (Wildman–Crippen MR) is 75.3 cm³/mol. The van der Waals surface area contributed by atoms with Crippen LogP contribution in [0, 0.1) is 5.92 Å². The molecule has 0 aromatic carbocycles. The first-order chi connectivity index (χ1) is 8.66. The molecule has 106 valence electrons. The summed E-state index contributed by atoms with van der Waals surface area (Å²) in [5.74, 6) is 0.628. The van der Waals surface area contributed by atoms with Crippen LogP contribution in [0.15, 0.2) is 12.4 Å². The third-order valence-corrected chi connectivity index (χ3v) is 4.13. The lowest BCUT2D eigenvalue weighted by atomic mass is 9.90. The van der Waals surface area contributed by atoms with E-state index in [1.54, 1.807) is 4.68 Å². The Morgan fingerprint density at radius 3 is 2.79 bits per heavy atom. The maximum atomic E-state index is 12.5. The van der Waals surface area contributed by atoms with E-state index in [4.69, 9.17) is 0 Å². The zero-order valence-corrected chi connectivity index (χ0v) is 12.2. The molecule has 1 saturated heterocycles. The number of carbonyl (C=O) groups excluding carboxylic acids is 1. The first-order valence-electron chi connectivity index (χ1n) is 6.62. The van der Waals surface area contributed by atoms with Crippen LogP contribution in [0.1, 0.15) is 24.3 Å². The van der Waals surface area contributed by atoms with Gasteiger partial charge in [-0.1, -0.05) is 0 Å². The number of aromatic nitrogens is 2. The summed E-state index contributed by atoms with van der Waals surface area (Å²) in [6, 6.07) is 0.493. The van der Waals surface area contributed by atoms with Crippen molar-refractivity contribution in [1.82, 2.24) is 20.0 Å². The van der Waals surface area contributed by atoms with Gasteiger partial charge in [-0.2, -0.15) is 5.10 Å². The summed E-state index contributed by atoms with van der Waals surface area (Å²) in [4.78, 5) is 14.4. The third kappa shape index (κ3) is 2.77. The number of nitrogens with one attached hydrogen (secondary N) is 1. The fourth-order valence-corrected chi connectivity index (χ4v) is 2.82. The average molecular weight is 285 g/mol. The second-order valence-corrected chi connectivity index (χ2v) is 5.50. The van der Waals surface area contributed by atoms with E-state index in [0.717, 1.165) is 13.1 Å². The third-order valence-electron chi connectivity index (χ3n) is 4.13. The molecule has 1 aromatic rings. The Morgan fingerprint density at radius 2 is 2.21 bits per heavy atom. The minimum absolute atomic E-state index is 0. The quantitative estimate of drug-likeness (QED) is 0.892. The van der Waals surface area contributed by atoms with Crippen LogP contribution in [0.4, 0.5) is 0 Å². The number of nitrogens with zero attached hydrogens (tertiary/aromatic N) is 3. The largest absolute Gasteiger partial charge is 0.342 e. The molecule has 2 heterocycles. The van der Waals surface area contributed by atoms with Crippen LogP contribution in [0.2, 0.25) is 0 Å². The van der Waals surface area contributed by atoms with E-state index in [9.17, 15) is 4.79 Å². The summed E-state index contributed by atoms with van der Waals surface area (Å²) >= 11 is 0. The van der Waals surface area contributed by atoms with Gasteiger partial charge in [-0.25, -0.2) is 0 Å². The molecule has 0 bridgehead atoms. The fraction of sp³-hybridized carbons (Fsp3) is 0.692. The molecule has 6 heteroatoms. The highest BCUT2D eigenvalue weighted by Gasteiger charge is 2.39. The minimum Gasteiger partial charge on any atom is -0.342 e. The summed E-state index contributed by atoms with van der Waals surface area (Å²) in [5.41, 5.74) is 1.17. The minimum atomic E-state index is 0. The number of hydrogen-bond acceptors (Lipinski definition) is 3. The van der Waals surface area contributed by atoms with Crippen molar-refractivity contribution in [2.45, 2.75) is 24.8 Å². The maximum Gasteiger partial charge on any atom is 0.227 e. The molecule has 2 aliphatic rings. The van der Waals surface area contributed by atoms with Gasteiger partial charge >= 0.3 is 0 Å². The standard InChI is InChI=1S/C13H20N4O.ClH/c1-16-8-9(5-15-16)11-6-14-7-12(11)13(18)17(2)10-3-4-10;/h5,8,10-12,14H,3-4,6-7H2,1-2H3;1H/t11-,12+;/m1./s1. The van der Waals surface area contributed by atoms with Gasteiger partial charge in [0.05, 0.1) is 12.1 Å². The van der Waals surface area contributed by atoms with Crippen molar-refractivity contribution in [3.8, 4) is 0 Å². The van der Waals surface area contributed by atoms with Crippen LogP contribution in [-0.2, 0) is 11.8 Å². The second-order valence-electron chi connectivity index (χ2n) is 5.50. The molecule has 1 aromatic heterocycles. The Morgan fingerprint density at radius 1 is 1.47 bits per heavy atom. The van der Waals surface area contributed by atoms with Crippen molar-refractivity contribution < 1.29 is 4.79 Å². The fourth-order valence-electron chi connectivity index (χ4n) is 2.82. The molecule has 0 spiro atoms. The molecule has 2 fully saturated rings. The molecular formula is C13H21ClN4O. The van der Waals surface area contributed by atoms with Crippen molar-refractivity contribution in [3.05, 3.63) is 18.0 Å². The molecule has 3 rings (SSSR count). The number of halogens is 1. The van der Waals surface area contributed by atoms with Crippen LogP contribution in [0.3, 0.4) is 0 Å². The van der Waals surface area contributed by atoms with E-state index < -0.39 is 0 Å². The van der Waals surface area contributed by atoms with E-state index in [0.29, 0.717) is 6.04 Å². The van der Waals surface area contributed by atoms with Crippen LogP contribution in [-0.4, -0.2) is 46.8 Å². The molecule has 1 amide bonds. The van der Waals surface area contributed by atoms with Crippen LogP contribution in [0.25, 0.3) is 0 Å². The van der Waals surface area contributed by atoms with Gasteiger partial charge in [0, 0.05) is 45.3 Å². The Kier molecular flexibility index (Phi) is 4.16. The first kappa shape index (κ1) is 14.3. The summed E-state index contributed by atoms with van der Waals surface area (Å²) in [6.45, 7) is 1.66. The molecule has 19 heavy (non-hydrogen) atoms. The van der Waals surface area contributed by atoms with Gasteiger partial charge in [-0.05, 0) is 18.4 Å². The van der Waals surface area contributed by atoms with Crippen molar-refractivity contribution in [2.24, 2.45) is 13.0 Å². The number of aryl methyl sites for hydroxylation is 1. The predicted octanol–water partition coefficient (Wildman–Crippen LogP) is 0.766. The molecule has 1 aliphatic heterocycles. The summed E-state index contributed by atoms with van der Waals surface area (Å²) < 4.78 is 1.81. The average Bonchev–Trinajstić information content (AvgIpc) is 2.93. The molecule has 1 saturated carbocycles. The number of hydrogen-bond donors (Lipinski definition) is 1. The molecule has 1 N–H and O–H groups in total. The van der Waals surface area contributed by atoms with Crippen LogP contribution < -0.4 is 5.32 Å². The van der Waals surface area contributed by atoms with Gasteiger partial charge in [0.25, 0.3) is 0 Å². The maximum absolute atomic E-state index is 12.5. The molecule has 0 radical (unpaired) electrons. The smallest absolute Gasteiger partial charge is 0.227 e. The summed E-state index contributed by atoms with van der Waals surface area (Å²) in [6.07, 6.45) is 6.24. The van der Waals surface area contributed by atoms with Crippen molar-refractivity contribution >= 4 is 18.3 Å². The van der Waals surface area contributed by atoms with Crippen LogP contribution >= 0.6 is 12.4 Å². The van der Waals surface area contributed by atoms with E-state index in [-0.39, 0.29) is 30.2 Å². The van der Waals surface area contributed by atoms with Gasteiger partial charge < -0.3 is 10.2 Å². The summed E-state index contributed by atoms with van der Waals surface area (Å²) in [5, 5.41) is 7.55. The van der Waals surface area contributed by atoms with Gasteiger partial charge in [-0.3, -0.25) is 9.48 Å². The number of carbonyl (C=O) groups is 1. The number of rotatable bonds is 3. The molecule has 5 nitrogen and oxygen atoms in total. The van der Waals surface area contributed by atoms with Crippen molar-refractivity contribution in [2.75, 3.05) is 20.1 Å². The highest BCUT2D eigenvalue weighted by Crippen LogP contribution is 2.32. The van der Waals surface area contributed by atoms with Gasteiger partial charge in [0.2, 0.25) is 5.91 Å². The zero-order chi connectivity index (χ0) is 12.7. The van der Waals surface area contributed by atoms with E-state index >= 15 is 0 Å². The lowest BCUT2D eigenvalue weighted by Crippen LogP contribution is -2.37. The van der Waals surface area contributed by atoms with Gasteiger partial charge in [0.15, 0.2) is 0 Å². The monoisotopic (exact) mass is 284 g/mol. The second kappa shape index (κ2) is 5.51. The molecular weight excluding hydrogens is 264 g/mol.